The summed E-state index contributed by atoms with van der Waals surface area (Å²) in [7, 11) is 0. The zero-order valence-electron chi connectivity index (χ0n) is 12.0. The van der Waals surface area contributed by atoms with Crippen LogP contribution in [0.25, 0.3) is 0 Å². The lowest BCUT2D eigenvalue weighted by molar-refractivity contribution is 0.0926. The lowest BCUT2D eigenvalue weighted by atomic mass is 9.81. The minimum Gasteiger partial charge on any atom is -0.351 e. The number of carbonyl (C=O) groups excluding carboxylic acids is 1. The van der Waals surface area contributed by atoms with E-state index in [4.69, 9.17) is 0 Å². The van der Waals surface area contributed by atoms with Gasteiger partial charge in [-0.2, -0.15) is 0 Å². The summed E-state index contributed by atoms with van der Waals surface area (Å²) in [4.78, 5) is 14.6. The van der Waals surface area contributed by atoms with Crippen molar-refractivity contribution < 1.29 is 4.79 Å². The van der Waals surface area contributed by atoms with Crippen molar-refractivity contribution in [2.45, 2.75) is 39.0 Å². The Morgan fingerprint density at radius 3 is 2.85 bits per heavy atom. The van der Waals surface area contributed by atoms with Crippen molar-refractivity contribution in [3.8, 4) is 0 Å². The Bertz CT molecular complexity index is 459. The summed E-state index contributed by atoms with van der Waals surface area (Å²) in [6.45, 7) is 5.22. The monoisotopic (exact) mass is 314 g/mol. The van der Waals surface area contributed by atoms with Crippen LogP contribution in [0.1, 0.15) is 46.3 Å². The molecule has 0 atom stereocenters. The third-order valence-corrected chi connectivity index (χ3v) is 5.69. The van der Waals surface area contributed by atoms with Crippen LogP contribution in [0.3, 0.4) is 0 Å². The van der Waals surface area contributed by atoms with Crippen LogP contribution < -0.4 is 10.6 Å². The molecule has 1 aliphatic heterocycles. The molecule has 2 heterocycles. The summed E-state index contributed by atoms with van der Waals surface area (Å²) in [5, 5.41) is 6.52. The van der Waals surface area contributed by atoms with Crippen LogP contribution in [-0.4, -0.2) is 25.5 Å². The van der Waals surface area contributed by atoms with Gasteiger partial charge in [0.2, 0.25) is 0 Å². The number of thiophene rings is 1. The SMILES string of the molecule is CC1(CNC(=O)c2cc3c(s2)CCC3)CCNCC1.Cl. The van der Waals surface area contributed by atoms with Crippen LogP contribution in [0.2, 0.25) is 0 Å². The van der Waals surface area contributed by atoms with Gasteiger partial charge in [0.1, 0.15) is 0 Å². The molecule has 1 aromatic heterocycles. The smallest absolute Gasteiger partial charge is 0.261 e. The van der Waals surface area contributed by atoms with Gasteiger partial charge in [0.25, 0.3) is 5.91 Å². The first-order valence-corrected chi connectivity index (χ1v) is 8.08. The maximum atomic E-state index is 12.2. The van der Waals surface area contributed by atoms with Crippen molar-refractivity contribution >= 4 is 29.7 Å². The number of piperidine rings is 1. The van der Waals surface area contributed by atoms with Crippen LogP contribution in [0.5, 0.6) is 0 Å². The predicted molar refractivity (Wildman–Crippen MR) is 86.1 cm³/mol. The number of carbonyl (C=O) groups is 1. The second-order valence-electron chi connectivity index (χ2n) is 6.16. The maximum absolute atomic E-state index is 12.2. The number of halogens is 1. The molecule has 0 spiro atoms. The Morgan fingerprint density at radius 2 is 2.15 bits per heavy atom. The number of hydrogen-bond donors (Lipinski definition) is 2. The van der Waals surface area contributed by atoms with Gasteiger partial charge < -0.3 is 10.6 Å². The minimum absolute atomic E-state index is 0. The van der Waals surface area contributed by atoms with E-state index < -0.39 is 0 Å². The average molecular weight is 315 g/mol. The quantitative estimate of drug-likeness (QED) is 0.901. The molecule has 5 heteroatoms. The maximum Gasteiger partial charge on any atom is 0.261 e. The van der Waals surface area contributed by atoms with Gasteiger partial charge in [0.15, 0.2) is 0 Å². The van der Waals surface area contributed by atoms with E-state index in [0.717, 1.165) is 50.2 Å². The van der Waals surface area contributed by atoms with Crippen molar-refractivity contribution in [2.24, 2.45) is 5.41 Å². The molecule has 0 unspecified atom stereocenters. The lowest BCUT2D eigenvalue weighted by Gasteiger charge is -2.34. The molecule has 1 aliphatic carbocycles. The molecule has 3 rings (SSSR count). The van der Waals surface area contributed by atoms with E-state index in [9.17, 15) is 4.79 Å². The fourth-order valence-corrected chi connectivity index (χ4v) is 4.20. The molecule has 2 aliphatic rings. The van der Waals surface area contributed by atoms with Gasteiger partial charge in [-0.1, -0.05) is 6.92 Å². The predicted octanol–water partition coefficient (Wildman–Crippen LogP) is 2.78. The standard InChI is InChI=1S/C15H22N2OS.ClH/c1-15(5-7-16-8-6-15)10-17-14(18)13-9-11-3-2-4-12(11)19-13;/h9,16H,2-8,10H2,1H3,(H,17,18);1H. The number of fused-ring (bicyclic) bond motifs is 1. The van der Waals surface area contributed by atoms with Crippen molar-refractivity contribution in [2.75, 3.05) is 19.6 Å². The molecule has 0 aromatic carbocycles. The van der Waals surface area contributed by atoms with Crippen molar-refractivity contribution in [1.29, 1.82) is 0 Å². The van der Waals surface area contributed by atoms with Gasteiger partial charge in [-0.25, -0.2) is 0 Å². The summed E-state index contributed by atoms with van der Waals surface area (Å²) in [5.74, 6) is 0.124. The van der Waals surface area contributed by atoms with Crippen LogP contribution in [-0.2, 0) is 12.8 Å². The lowest BCUT2D eigenvalue weighted by Crippen LogP contribution is -2.42. The summed E-state index contributed by atoms with van der Waals surface area (Å²) in [6.07, 6.45) is 5.87. The van der Waals surface area contributed by atoms with E-state index in [-0.39, 0.29) is 23.7 Å². The summed E-state index contributed by atoms with van der Waals surface area (Å²) >= 11 is 1.69. The van der Waals surface area contributed by atoms with Gasteiger partial charge in [0.05, 0.1) is 4.88 Å². The van der Waals surface area contributed by atoms with Crippen LogP contribution >= 0.6 is 23.7 Å². The topological polar surface area (TPSA) is 41.1 Å². The Kier molecular flexibility index (Phi) is 5.10. The fraction of sp³-hybridized carbons (Fsp3) is 0.667. The second-order valence-corrected chi connectivity index (χ2v) is 7.29. The van der Waals surface area contributed by atoms with E-state index in [1.54, 1.807) is 11.3 Å². The van der Waals surface area contributed by atoms with Crippen LogP contribution in [0.4, 0.5) is 0 Å². The number of hydrogen-bond acceptors (Lipinski definition) is 3. The number of aryl methyl sites for hydroxylation is 2. The average Bonchev–Trinajstić information content (AvgIpc) is 2.97. The van der Waals surface area contributed by atoms with E-state index in [1.165, 1.54) is 16.9 Å². The third-order valence-electron chi connectivity index (χ3n) is 4.46. The zero-order chi connectivity index (χ0) is 13.3. The molecular formula is C15H23ClN2OS. The van der Waals surface area contributed by atoms with Crippen molar-refractivity contribution in [1.82, 2.24) is 10.6 Å². The van der Waals surface area contributed by atoms with Crippen molar-refractivity contribution in [3.63, 3.8) is 0 Å². The Balaban J connectivity index is 0.00000147. The van der Waals surface area contributed by atoms with Gasteiger partial charge in [-0.3, -0.25) is 4.79 Å². The van der Waals surface area contributed by atoms with Gasteiger partial charge in [0, 0.05) is 11.4 Å². The highest BCUT2D eigenvalue weighted by Crippen LogP contribution is 2.31. The van der Waals surface area contributed by atoms with Gasteiger partial charge in [-0.05, 0) is 62.2 Å². The molecule has 1 aromatic rings. The van der Waals surface area contributed by atoms with E-state index >= 15 is 0 Å². The molecule has 112 valence electrons. The van der Waals surface area contributed by atoms with E-state index in [1.807, 2.05) is 0 Å². The first-order valence-electron chi connectivity index (χ1n) is 7.27. The molecule has 0 radical (unpaired) electrons. The molecule has 2 N–H and O–H groups in total. The highest BCUT2D eigenvalue weighted by atomic mass is 35.5. The largest absolute Gasteiger partial charge is 0.351 e. The van der Waals surface area contributed by atoms with Crippen LogP contribution in [0, 0.1) is 5.41 Å². The number of nitrogens with one attached hydrogen (secondary N) is 2. The number of rotatable bonds is 3. The highest BCUT2D eigenvalue weighted by molar-refractivity contribution is 7.14. The fourth-order valence-electron chi connectivity index (χ4n) is 3.03. The second kappa shape index (κ2) is 6.46. The molecule has 3 nitrogen and oxygen atoms in total. The number of amides is 1. The first-order chi connectivity index (χ1) is 9.16. The molecule has 20 heavy (non-hydrogen) atoms. The molecule has 1 amide bonds. The minimum atomic E-state index is 0. The highest BCUT2D eigenvalue weighted by Gasteiger charge is 2.27. The third kappa shape index (κ3) is 3.35. The van der Waals surface area contributed by atoms with Crippen molar-refractivity contribution in [3.05, 3.63) is 21.4 Å². The normalized spacial score (nSPS) is 20.1. The molecule has 0 bridgehead atoms. The zero-order valence-corrected chi connectivity index (χ0v) is 13.6. The van der Waals surface area contributed by atoms with Crippen LogP contribution in [0.15, 0.2) is 6.07 Å². The molecular weight excluding hydrogens is 292 g/mol. The van der Waals surface area contributed by atoms with E-state index in [2.05, 4.69) is 23.6 Å². The van der Waals surface area contributed by atoms with Gasteiger partial charge in [-0.15, -0.1) is 23.7 Å². The Morgan fingerprint density at radius 1 is 1.40 bits per heavy atom. The summed E-state index contributed by atoms with van der Waals surface area (Å²) in [5.41, 5.74) is 1.67. The Hall–Kier alpha value is -0.580. The molecule has 1 fully saturated rings. The summed E-state index contributed by atoms with van der Waals surface area (Å²) in [6, 6.07) is 2.10. The summed E-state index contributed by atoms with van der Waals surface area (Å²) < 4.78 is 0. The first kappa shape index (κ1) is 15.8. The van der Waals surface area contributed by atoms with E-state index in [0.29, 0.717) is 0 Å². The Labute approximate surface area is 130 Å². The molecule has 0 saturated carbocycles. The van der Waals surface area contributed by atoms with Gasteiger partial charge >= 0.3 is 0 Å². The molecule has 1 saturated heterocycles.